The quantitative estimate of drug-likeness (QED) is 0.866. The average Bonchev–Trinajstić information content (AvgIpc) is 2.98. The first-order chi connectivity index (χ1) is 9.69. The molecule has 20 heavy (non-hydrogen) atoms. The smallest absolute Gasteiger partial charge is 0.137 e. The van der Waals surface area contributed by atoms with Crippen molar-refractivity contribution in [2.45, 2.75) is 46.1 Å². The third-order valence-electron chi connectivity index (χ3n) is 3.85. The molecule has 5 heteroatoms. The summed E-state index contributed by atoms with van der Waals surface area (Å²) in [5, 5.41) is 3.17. The van der Waals surface area contributed by atoms with Crippen molar-refractivity contribution in [2.75, 3.05) is 37.0 Å². The monoisotopic (exact) mass is 278 g/mol. The summed E-state index contributed by atoms with van der Waals surface area (Å²) in [6.07, 6.45) is 3.51. The molecule has 1 unspecified atom stereocenters. The van der Waals surface area contributed by atoms with E-state index in [4.69, 9.17) is 9.72 Å². The van der Waals surface area contributed by atoms with Gasteiger partial charge in [-0.15, -0.1) is 0 Å². The Hall–Kier alpha value is -1.36. The molecule has 0 radical (unpaired) electrons. The molecular formula is C15H26N4O. The molecule has 1 saturated heterocycles. The van der Waals surface area contributed by atoms with Crippen LogP contribution in [0.25, 0.3) is 0 Å². The van der Waals surface area contributed by atoms with E-state index in [2.05, 4.69) is 36.0 Å². The average molecular weight is 278 g/mol. The zero-order valence-electron chi connectivity index (χ0n) is 13.1. The van der Waals surface area contributed by atoms with Crippen molar-refractivity contribution < 1.29 is 4.74 Å². The molecule has 5 nitrogen and oxygen atoms in total. The van der Waals surface area contributed by atoms with Crippen LogP contribution >= 0.6 is 0 Å². The number of hydrogen-bond acceptors (Lipinski definition) is 5. The topological polar surface area (TPSA) is 50.3 Å². The first-order valence-corrected chi connectivity index (χ1v) is 7.61. The SMILES string of the molecule is CCc1nc(NC)c(C)c(N(CC)CC2CCCO2)n1. The highest BCUT2D eigenvalue weighted by Gasteiger charge is 2.21. The van der Waals surface area contributed by atoms with Gasteiger partial charge in [-0.25, -0.2) is 9.97 Å². The summed E-state index contributed by atoms with van der Waals surface area (Å²) >= 11 is 0. The molecule has 0 spiro atoms. The van der Waals surface area contributed by atoms with Crippen molar-refractivity contribution in [3.8, 4) is 0 Å². The highest BCUT2D eigenvalue weighted by Crippen LogP contribution is 2.25. The summed E-state index contributed by atoms with van der Waals surface area (Å²) < 4.78 is 5.76. The number of aryl methyl sites for hydroxylation is 1. The molecular weight excluding hydrogens is 252 g/mol. The lowest BCUT2D eigenvalue weighted by Gasteiger charge is -2.27. The molecule has 1 aromatic heterocycles. The van der Waals surface area contributed by atoms with Gasteiger partial charge >= 0.3 is 0 Å². The van der Waals surface area contributed by atoms with E-state index in [0.29, 0.717) is 6.10 Å². The first-order valence-electron chi connectivity index (χ1n) is 7.61. The molecule has 0 bridgehead atoms. The van der Waals surface area contributed by atoms with Crippen LogP contribution in [-0.4, -0.2) is 42.8 Å². The number of likely N-dealkylation sites (N-methyl/N-ethyl adjacent to an activating group) is 1. The van der Waals surface area contributed by atoms with E-state index in [0.717, 1.165) is 55.6 Å². The minimum absolute atomic E-state index is 0.340. The molecule has 0 aliphatic carbocycles. The van der Waals surface area contributed by atoms with Gasteiger partial charge in [0.1, 0.15) is 17.5 Å². The molecule has 1 aliphatic rings. The molecule has 1 aromatic rings. The van der Waals surface area contributed by atoms with Crippen molar-refractivity contribution in [3.05, 3.63) is 11.4 Å². The van der Waals surface area contributed by atoms with Crippen molar-refractivity contribution in [2.24, 2.45) is 0 Å². The second-order valence-electron chi connectivity index (χ2n) is 5.21. The minimum atomic E-state index is 0.340. The van der Waals surface area contributed by atoms with Crippen LogP contribution in [0.5, 0.6) is 0 Å². The zero-order valence-corrected chi connectivity index (χ0v) is 13.1. The van der Waals surface area contributed by atoms with Crippen LogP contribution in [-0.2, 0) is 11.2 Å². The highest BCUT2D eigenvalue weighted by atomic mass is 16.5. The Balaban J connectivity index is 2.27. The maximum Gasteiger partial charge on any atom is 0.137 e. The Morgan fingerprint density at radius 3 is 2.70 bits per heavy atom. The van der Waals surface area contributed by atoms with Crippen molar-refractivity contribution in [1.82, 2.24) is 9.97 Å². The van der Waals surface area contributed by atoms with E-state index >= 15 is 0 Å². The van der Waals surface area contributed by atoms with E-state index in [9.17, 15) is 0 Å². The number of aromatic nitrogens is 2. The summed E-state index contributed by atoms with van der Waals surface area (Å²) in [6.45, 7) is 9.09. The molecule has 0 aromatic carbocycles. The van der Waals surface area contributed by atoms with E-state index in [1.165, 1.54) is 6.42 Å². The van der Waals surface area contributed by atoms with Crippen LogP contribution in [0.4, 0.5) is 11.6 Å². The summed E-state index contributed by atoms with van der Waals surface area (Å²) in [5.74, 6) is 2.86. The predicted molar refractivity (Wildman–Crippen MR) is 82.6 cm³/mol. The maximum absolute atomic E-state index is 5.76. The summed E-state index contributed by atoms with van der Waals surface area (Å²) in [5.41, 5.74) is 1.12. The fourth-order valence-electron chi connectivity index (χ4n) is 2.66. The lowest BCUT2D eigenvalue weighted by molar-refractivity contribution is 0.115. The fourth-order valence-corrected chi connectivity index (χ4v) is 2.66. The van der Waals surface area contributed by atoms with Gasteiger partial charge < -0.3 is 15.0 Å². The summed E-state index contributed by atoms with van der Waals surface area (Å²) in [7, 11) is 1.91. The molecule has 1 fully saturated rings. The Kier molecular flexibility index (Phi) is 5.17. The molecule has 1 N–H and O–H groups in total. The molecule has 112 valence electrons. The number of ether oxygens (including phenoxy) is 1. The van der Waals surface area contributed by atoms with Crippen LogP contribution in [0, 0.1) is 6.92 Å². The second-order valence-corrected chi connectivity index (χ2v) is 5.21. The van der Waals surface area contributed by atoms with Gasteiger partial charge in [-0.2, -0.15) is 0 Å². The number of anilines is 2. The Morgan fingerprint density at radius 2 is 2.15 bits per heavy atom. The van der Waals surface area contributed by atoms with Gasteiger partial charge in [0.05, 0.1) is 6.10 Å². The molecule has 2 heterocycles. The van der Waals surface area contributed by atoms with Gasteiger partial charge in [0.25, 0.3) is 0 Å². The number of nitrogens with one attached hydrogen (secondary N) is 1. The summed E-state index contributed by atoms with van der Waals surface area (Å²) in [4.78, 5) is 11.6. The lowest BCUT2D eigenvalue weighted by Crippen LogP contribution is -2.33. The van der Waals surface area contributed by atoms with Crippen LogP contribution < -0.4 is 10.2 Å². The highest BCUT2D eigenvalue weighted by molar-refractivity contribution is 5.58. The predicted octanol–water partition coefficient (Wildman–Crippen LogP) is 2.39. The van der Waals surface area contributed by atoms with E-state index in [1.54, 1.807) is 0 Å². The van der Waals surface area contributed by atoms with Gasteiger partial charge in [0.15, 0.2) is 0 Å². The van der Waals surface area contributed by atoms with Gasteiger partial charge in [-0.3, -0.25) is 0 Å². The van der Waals surface area contributed by atoms with Gasteiger partial charge in [-0.05, 0) is 26.7 Å². The largest absolute Gasteiger partial charge is 0.376 e. The minimum Gasteiger partial charge on any atom is -0.376 e. The van der Waals surface area contributed by atoms with Crippen LogP contribution in [0.15, 0.2) is 0 Å². The van der Waals surface area contributed by atoms with Gasteiger partial charge in [-0.1, -0.05) is 6.92 Å². The molecule has 1 aliphatic heterocycles. The number of hydrogen-bond donors (Lipinski definition) is 1. The van der Waals surface area contributed by atoms with Crippen molar-refractivity contribution >= 4 is 11.6 Å². The molecule has 2 rings (SSSR count). The first kappa shape index (κ1) is 15.0. The molecule has 0 saturated carbocycles. The van der Waals surface area contributed by atoms with Gasteiger partial charge in [0, 0.05) is 38.7 Å². The number of nitrogens with zero attached hydrogens (tertiary/aromatic N) is 3. The summed E-state index contributed by atoms with van der Waals surface area (Å²) in [6, 6.07) is 0. The second kappa shape index (κ2) is 6.88. The van der Waals surface area contributed by atoms with Crippen molar-refractivity contribution in [1.29, 1.82) is 0 Å². The standard InChI is InChI=1S/C15H26N4O/c1-5-13-17-14(16-4)11(3)15(18-13)19(6-2)10-12-8-7-9-20-12/h12H,5-10H2,1-4H3,(H,16,17,18). The Morgan fingerprint density at radius 1 is 1.35 bits per heavy atom. The Labute approximate surface area is 121 Å². The van der Waals surface area contributed by atoms with E-state index in [1.807, 2.05) is 7.05 Å². The fraction of sp³-hybridized carbons (Fsp3) is 0.733. The van der Waals surface area contributed by atoms with Gasteiger partial charge in [0.2, 0.25) is 0 Å². The molecule has 1 atom stereocenters. The maximum atomic E-state index is 5.76. The van der Waals surface area contributed by atoms with Crippen LogP contribution in [0.3, 0.4) is 0 Å². The van der Waals surface area contributed by atoms with Crippen molar-refractivity contribution in [3.63, 3.8) is 0 Å². The lowest BCUT2D eigenvalue weighted by atomic mass is 10.2. The van der Waals surface area contributed by atoms with E-state index < -0.39 is 0 Å². The third kappa shape index (κ3) is 3.20. The van der Waals surface area contributed by atoms with Crippen LogP contribution in [0.2, 0.25) is 0 Å². The van der Waals surface area contributed by atoms with E-state index in [-0.39, 0.29) is 0 Å². The third-order valence-corrected chi connectivity index (χ3v) is 3.85. The normalized spacial score (nSPS) is 18.3. The van der Waals surface area contributed by atoms with Crippen LogP contribution in [0.1, 0.15) is 38.1 Å². The zero-order chi connectivity index (χ0) is 14.5. The Bertz CT molecular complexity index is 444. The number of rotatable bonds is 6. The molecule has 0 amide bonds.